The molecule has 0 radical (unpaired) electrons. The molecule has 0 aliphatic heterocycles. The molecule has 0 unspecified atom stereocenters. The zero-order chi connectivity index (χ0) is 17.9. The van der Waals surface area contributed by atoms with Gasteiger partial charge < -0.3 is 16.4 Å². The average Bonchev–Trinajstić information content (AvgIpc) is 2.59. The number of nitrogen functional groups attached to an aromatic ring is 1. The van der Waals surface area contributed by atoms with Gasteiger partial charge >= 0.3 is 0 Å². The van der Waals surface area contributed by atoms with Gasteiger partial charge in [-0.25, -0.2) is 0 Å². The zero-order valence-electron chi connectivity index (χ0n) is 13.2. The third-order valence-electron chi connectivity index (χ3n) is 3.56. The molecule has 7 heteroatoms. The van der Waals surface area contributed by atoms with Crippen LogP contribution in [0.5, 0.6) is 0 Å². The molecule has 0 heterocycles. The van der Waals surface area contributed by atoms with Crippen molar-refractivity contribution >= 4 is 38.6 Å². The van der Waals surface area contributed by atoms with Crippen LogP contribution in [0.4, 0.5) is 28.4 Å². The highest BCUT2D eigenvalue weighted by Gasteiger charge is 2.21. The molecule has 0 aliphatic rings. The Morgan fingerprint density at radius 3 is 1.68 bits per heavy atom. The van der Waals surface area contributed by atoms with E-state index >= 15 is 0 Å². The summed E-state index contributed by atoms with van der Waals surface area (Å²) in [5, 5.41) is 6.14. The highest BCUT2D eigenvalue weighted by atomic mass is 32.2. The first-order valence-corrected chi connectivity index (χ1v) is 8.93. The van der Waals surface area contributed by atoms with E-state index < -0.39 is 10.1 Å². The van der Waals surface area contributed by atoms with Crippen LogP contribution >= 0.6 is 0 Å². The maximum Gasteiger partial charge on any atom is 0.296 e. The Bertz CT molecular complexity index is 975. The van der Waals surface area contributed by atoms with Gasteiger partial charge in [-0.2, -0.15) is 8.42 Å². The second kappa shape index (κ2) is 6.84. The van der Waals surface area contributed by atoms with Crippen LogP contribution in [0.3, 0.4) is 0 Å². The maximum atomic E-state index is 11.8. The summed E-state index contributed by atoms with van der Waals surface area (Å²) in [6.07, 6.45) is 0. The third kappa shape index (κ3) is 3.90. The van der Waals surface area contributed by atoms with E-state index in [0.717, 1.165) is 5.69 Å². The zero-order valence-corrected chi connectivity index (χ0v) is 14.0. The summed E-state index contributed by atoms with van der Waals surface area (Å²) >= 11 is 0. The van der Waals surface area contributed by atoms with Crippen LogP contribution in [0, 0.1) is 0 Å². The van der Waals surface area contributed by atoms with E-state index in [1.807, 2.05) is 48.5 Å². The van der Waals surface area contributed by atoms with Crippen molar-refractivity contribution in [2.75, 3.05) is 16.4 Å². The summed E-state index contributed by atoms with van der Waals surface area (Å²) in [5.74, 6) is 0. The molecule has 25 heavy (non-hydrogen) atoms. The standard InChI is InChI=1S/C18H17N3O3S/c19-15-11-12-16(25(22,23)24)18(21-14-9-5-2-6-10-14)17(15)20-13-7-3-1-4-8-13/h1-12,20-21H,19H2,(H,22,23,24). The molecule has 0 amide bonds. The number of rotatable bonds is 5. The molecule has 0 atom stereocenters. The fraction of sp³-hybridized carbons (Fsp3) is 0. The van der Waals surface area contributed by atoms with Crippen molar-refractivity contribution in [3.63, 3.8) is 0 Å². The Labute approximate surface area is 146 Å². The van der Waals surface area contributed by atoms with Crippen molar-refractivity contribution < 1.29 is 13.0 Å². The molecular formula is C18H17N3O3S. The van der Waals surface area contributed by atoms with Gasteiger partial charge in [0.15, 0.2) is 0 Å². The predicted octanol–water partition coefficient (Wildman–Crippen LogP) is 4.00. The van der Waals surface area contributed by atoms with Crippen molar-refractivity contribution in [2.45, 2.75) is 4.90 Å². The molecule has 6 nitrogen and oxygen atoms in total. The normalized spacial score (nSPS) is 11.1. The largest absolute Gasteiger partial charge is 0.397 e. The second-order valence-electron chi connectivity index (χ2n) is 5.36. The third-order valence-corrected chi connectivity index (χ3v) is 4.46. The monoisotopic (exact) mass is 355 g/mol. The van der Waals surface area contributed by atoms with Crippen molar-refractivity contribution in [3.05, 3.63) is 72.8 Å². The van der Waals surface area contributed by atoms with E-state index in [4.69, 9.17) is 5.73 Å². The fourth-order valence-electron chi connectivity index (χ4n) is 2.41. The summed E-state index contributed by atoms with van der Waals surface area (Å²) in [5.41, 5.74) is 8.34. The van der Waals surface area contributed by atoms with Gasteiger partial charge in [-0.1, -0.05) is 36.4 Å². The van der Waals surface area contributed by atoms with Gasteiger partial charge in [0.25, 0.3) is 10.1 Å². The lowest BCUT2D eigenvalue weighted by Gasteiger charge is -2.18. The van der Waals surface area contributed by atoms with Gasteiger partial charge in [-0.05, 0) is 36.4 Å². The molecule has 0 saturated carbocycles. The number of hydrogen-bond acceptors (Lipinski definition) is 5. The minimum absolute atomic E-state index is 0.178. The fourth-order valence-corrected chi connectivity index (χ4v) is 3.06. The number of benzene rings is 3. The molecule has 0 fully saturated rings. The topological polar surface area (TPSA) is 104 Å². The predicted molar refractivity (Wildman–Crippen MR) is 100 cm³/mol. The first kappa shape index (κ1) is 16.8. The molecule has 0 bridgehead atoms. The summed E-state index contributed by atoms with van der Waals surface area (Å²) in [7, 11) is -4.44. The van der Waals surface area contributed by atoms with Crippen LogP contribution in [0.1, 0.15) is 0 Å². The molecule has 5 N–H and O–H groups in total. The average molecular weight is 355 g/mol. The van der Waals surface area contributed by atoms with Gasteiger partial charge in [0.05, 0.1) is 17.1 Å². The Morgan fingerprint density at radius 2 is 1.20 bits per heavy atom. The molecule has 3 rings (SSSR count). The number of anilines is 5. The molecular weight excluding hydrogens is 338 g/mol. The Morgan fingerprint density at radius 1 is 0.720 bits per heavy atom. The van der Waals surface area contributed by atoms with Crippen molar-refractivity contribution in [1.29, 1.82) is 0 Å². The van der Waals surface area contributed by atoms with Crippen LogP contribution in [-0.4, -0.2) is 13.0 Å². The van der Waals surface area contributed by atoms with Gasteiger partial charge in [0.1, 0.15) is 4.90 Å². The smallest absolute Gasteiger partial charge is 0.296 e. The van der Waals surface area contributed by atoms with E-state index in [-0.39, 0.29) is 10.6 Å². The van der Waals surface area contributed by atoms with E-state index in [9.17, 15) is 13.0 Å². The highest BCUT2D eigenvalue weighted by Crippen LogP contribution is 2.38. The van der Waals surface area contributed by atoms with Crippen LogP contribution < -0.4 is 16.4 Å². The summed E-state index contributed by atoms with van der Waals surface area (Å²) in [6.45, 7) is 0. The van der Waals surface area contributed by atoms with Gasteiger partial charge in [-0.15, -0.1) is 0 Å². The molecule has 0 saturated heterocycles. The maximum absolute atomic E-state index is 11.8. The Kier molecular flexibility index (Phi) is 4.60. The Hall–Kier alpha value is -3.03. The quantitative estimate of drug-likeness (QED) is 0.407. The molecule has 0 spiro atoms. The van der Waals surface area contributed by atoms with E-state index in [1.54, 1.807) is 12.1 Å². The molecule has 0 aliphatic carbocycles. The Balaban J connectivity index is 2.15. The van der Waals surface area contributed by atoms with E-state index in [2.05, 4.69) is 10.6 Å². The molecule has 3 aromatic rings. The lowest BCUT2D eigenvalue weighted by molar-refractivity contribution is 0.483. The molecule has 128 valence electrons. The first-order valence-electron chi connectivity index (χ1n) is 7.49. The minimum atomic E-state index is -4.44. The summed E-state index contributed by atoms with van der Waals surface area (Å²) in [4.78, 5) is -0.260. The van der Waals surface area contributed by atoms with Crippen LogP contribution in [-0.2, 0) is 10.1 Å². The lowest BCUT2D eigenvalue weighted by atomic mass is 10.2. The number of hydrogen-bond donors (Lipinski definition) is 4. The van der Waals surface area contributed by atoms with Crippen LogP contribution in [0.25, 0.3) is 0 Å². The molecule has 0 aromatic heterocycles. The SMILES string of the molecule is Nc1ccc(S(=O)(=O)O)c(Nc2ccccc2)c1Nc1ccccc1. The van der Waals surface area contributed by atoms with Crippen LogP contribution in [0.2, 0.25) is 0 Å². The van der Waals surface area contributed by atoms with Crippen molar-refractivity contribution in [1.82, 2.24) is 0 Å². The number of nitrogens with two attached hydrogens (primary N) is 1. The summed E-state index contributed by atoms with van der Waals surface area (Å²) in [6, 6.07) is 20.9. The van der Waals surface area contributed by atoms with Crippen molar-refractivity contribution in [2.24, 2.45) is 0 Å². The minimum Gasteiger partial charge on any atom is -0.397 e. The van der Waals surface area contributed by atoms with Gasteiger partial charge in [0.2, 0.25) is 0 Å². The highest BCUT2D eigenvalue weighted by molar-refractivity contribution is 7.86. The van der Waals surface area contributed by atoms with Gasteiger partial charge in [-0.3, -0.25) is 4.55 Å². The first-order chi connectivity index (χ1) is 11.9. The lowest BCUT2D eigenvalue weighted by Crippen LogP contribution is -2.08. The van der Waals surface area contributed by atoms with E-state index in [0.29, 0.717) is 17.1 Å². The van der Waals surface area contributed by atoms with E-state index in [1.165, 1.54) is 12.1 Å². The van der Waals surface area contributed by atoms with Gasteiger partial charge in [0, 0.05) is 11.4 Å². The summed E-state index contributed by atoms with van der Waals surface area (Å²) < 4.78 is 33.2. The number of para-hydroxylation sites is 2. The second-order valence-corrected chi connectivity index (χ2v) is 6.75. The number of nitrogens with one attached hydrogen (secondary N) is 2. The van der Waals surface area contributed by atoms with Crippen molar-refractivity contribution in [3.8, 4) is 0 Å². The van der Waals surface area contributed by atoms with Crippen LogP contribution in [0.15, 0.2) is 77.7 Å². The molecule has 3 aromatic carbocycles.